The van der Waals surface area contributed by atoms with Crippen LogP contribution in [0.25, 0.3) is 0 Å². The van der Waals surface area contributed by atoms with E-state index in [0.29, 0.717) is 12.4 Å². The van der Waals surface area contributed by atoms with E-state index in [9.17, 15) is 13.2 Å². The molecular formula is C19H24N4O3S. The molecule has 1 aromatic heterocycles. The number of aromatic nitrogens is 2. The number of hydrogen-bond donors (Lipinski definition) is 0. The molecule has 2 aliphatic carbocycles. The van der Waals surface area contributed by atoms with Crippen molar-refractivity contribution in [3.05, 3.63) is 36.1 Å². The molecule has 0 bridgehead atoms. The van der Waals surface area contributed by atoms with Crippen molar-refractivity contribution in [3.63, 3.8) is 0 Å². The minimum absolute atomic E-state index is 0.0856. The van der Waals surface area contributed by atoms with Crippen LogP contribution in [0.5, 0.6) is 0 Å². The third kappa shape index (κ3) is 3.50. The van der Waals surface area contributed by atoms with Crippen LogP contribution in [-0.2, 0) is 16.4 Å². The van der Waals surface area contributed by atoms with Crippen molar-refractivity contribution in [2.75, 3.05) is 11.2 Å². The van der Waals surface area contributed by atoms with Crippen LogP contribution in [0.3, 0.4) is 0 Å². The minimum Gasteiger partial charge on any atom is -0.316 e. The van der Waals surface area contributed by atoms with E-state index in [4.69, 9.17) is 0 Å². The number of allylic oxidation sites excluding steroid dienone is 2. The van der Waals surface area contributed by atoms with Crippen molar-refractivity contribution < 1.29 is 13.2 Å². The summed E-state index contributed by atoms with van der Waals surface area (Å²) in [5, 5.41) is -0.229. The van der Waals surface area contributed by atoms with E-state index >= 15 is 0 Å². The van der Waals surface area contributed by atoms with Crippen LogP contribution in [-0.4, -0.2) is 47.7 Å². The third-order valence-electron chi connectivity index (χ3n) is 5.41. The van der Waals surface area contributed by atoms with Gasteiger partial charge in [0, 0.05) is 24.1 Å². The molecule has 0 fully saturated rings. The summed E-state index contributed by atoms with van der Waals surface area (Å²) in [6.45, 7) is 0.420. The van der Waals surface area contributed by atoms with Crippen LogP contribution in [0.1, 0.15) is 44.1 Å². The number of carbonyl (C=O) groups is 1. The van der Waals surface area contributed by atoms with Gasteiger partial charge < -0.3 is 4.90 Å². The van der Waals surface area contributed by atoms with Crippen molar-refractivity contribution in [1.82, 2.24) is 14.9 Å². The molecule has 0 aromatic carbocycles. The highest BCUT2D eigenvalue weighted by molar-refractivity contribution is 7.90. The first kappa shape index (κ1) is 18.2. The zero-order valence-electron chi connectivity index (χ0n) is 15.4. The summed E-state index contributed by atoms with van der Waals surface area (Å²) in [7, 11) is -3.54. The predicted molar refractivity (Wildman–Crippen MR) is 102 cm³/mol. The van der Waals surface area contributed by atoms with Crippen molar-refractivity contribution in [1.29, 1.82) is 0 Å². The zero-order chi connectivity index (χ0) is 19.0. The Morgan fingerprint density at radius 1 is 1.15 bits per heavy atom. The van der Waals surface area contributed by atoms with Gasteiger partial charge in [-0.15, -0.1) is 0 Å². The number of amides is 2. The predicted octanol–water partition coefficient (Wildman–Crippen LogP) is 2.84. The Labute approximate surface area is 159 Å². The Balaban J connectivity index is 1.78. The number of carbonyl (C=O) groups excluding carboxylic acids is 1. The fraction of sp³-hybridized carbons (Fsp3) is 0.526. The largest absolute Gasteiger partial charge is 0.326 e. The highest BCUT2D eigenvalue weighted by Crippen LogP contribution is 2.34. The summed E-state index contributed by atoms with van der Waals surface area (Å²) < 4.78 is 23.9. The second-order valence-electron chi connectivity index (χ2n) is 7.42. The maximum Gasteiger partial charge on any atom is 0.326 e. The summed E-state index contributed by atoms with van der Waals surface area (Å²) >= 11 is 0. The fourth-order valence-electron chi connectivity index (χ4n) is 4.02. The molecule has 8 heteroatoms. The molecule has 144 valence electrons. The van der Waals surface area contributed by atoms with Crippen molar-refractivity contribution >= 4 is 21.7 Å². The molecule has 1 aromatic rings. The lowest BCUT2D eigenvalue weighted by Crippen LogP contribution is -2.55. The molecule has 0 N–H and O–H groups in total. The molecule has 0 radical (unpaired) electrons. The number of hydrogen-bond acceptors (Lipinski definition) is 5. The van der Waals surface area contributed by atoms with Crippen molar-refractivity contribution in [3.8, 4) is 0 Å². The molecule has 0 saturated heterocycles. The normalized spacial score (nSPS) is 25.6. The Morgan fingerprint density at radius 3 is 2.67 bits per heavy atom. The molecule has 3 aliphatic rings. The molecule has 2 heterocycles. The number of anilines is 1. The average molecular weight is 388 g/mol. The summed E-state index contributed by atoms with van der Waals surface area (Å²) in [6.07, 6.45) is 16.7. The second kappa shape index (κ2) is 7.07. The standard InChI is InChI=1S/C19H24N4O3S/c1-27(25,26)18-20-12-14-13-22(15-8-4-2-5-9-15)19(24)23(17(14)21-18)16-10-6-3-7-11-16/h2,4,6,10,12,15-16H,3,5,7-9,11,13H2,1H3. The monoisotopic (exact) mass is 388 g/mol. The number of urea groups is 1. The summed E-state index contributed by atoms with van der Waals surface area (Å²) in [5.74, 6) is 0.439. The van der Waals surface area contributed by atoms with Crippen LogP contribution < -0.4 is 4.90 Å². The van der Waals surface area contributed by atoms with Crippen LogP contribution in [0.15, 0.2) is 35.7 Å². The number of sulfone groups is 1. The molecule has 2 amide bonds. The minimum atomic E-state index is -3.54. The van der Waals surface area contributed by atoms with Crippen molar-refractivity contribution in [2.45, 2.75) is 62.3 Å². The number of fused-ring (bicyclic) bond motifs is 1. The fourth-order valence-corrected chi connectivity index (χ4v) is 4.51. The Bertz CT molecular complexity index is 910. The van der Waals surface area contributed by atoms with Crippen molar-refractivity contribution in [2.24, 2.45) is 0 Å². The van der Waals surface area contributed by atoms with E-state index in [2.05, 4.69) is 28.2 Å². The molecule has 0 spiro atoms. The maximum atomic E-state index is 13.4. The quantitative estimate of drug-likeness (QED) is 0.587. The SMILES string of the molecule is CS(=O)(=O)c1ncc2c(n1)N(C1C=CCCC1)C(=O)N(C1CC=CCC1)C2. The van der Waals surface area contributed by atoms with Gasteiger partial charge in [-0.1, -0.05) is 24.3 Å². The van der Waals surface area contributed by atoms with Gasteiger partial charge in [-0.05, 0) is 38.5 Å². The molecule has 1 aliphatic heterocycles. The highest BCUT2D eigenvalue weighted by Gasteiger charge is 2.39. The summed E-state index contributed by atoms with van der Waals surface area (Å²) in [5.41, 5.74) is 0.801. The smallest absolute Gasteiger partial charge is 0.316 e. The number of rotatable bonds is 3. The van der Waals surface area contributed by atoms with E-state index in [1.54, 1.807) is 11.1 Å². The first-order valence-corrected chi connectivity index (χ1v) is 11.3. The van der Waals surface area contributed by atoms with Gasteiger partial charge in [-0.3, -0.25) is 4.90 Å². The molecule has 0 saturated carbocycles. The van der Waals surface area contributed by atoms with E-state index in [1.807, 2.05) is 11.0 Å². The molecule has 2 unspecified atom stereocenters. The van der Waals surface area contributed by atoms with Gasteiger partial charge in [-0.25, -0.2) is 23.2 Å². The highest BCUT2D eigenvalue weighted by atomic mass is 32.2. The maximum absolute atomic E-state index is 13.4. The lowest BCUT2D eigenvalue weighted by molar-refractivity contribution is 0.164. The van der Waals surface area contributed by atoms with Gasteiger partial charge in [0.1, 0.15) is 5.82 Å². The first-order valence-electron chi connectivity index (χ1n) is 9.42. The summed E-state index contributed by atoms with van der Waals surface area (Å²) in [4.78, 5) is 25.4. The zero-order valence-corrected chi connectivity index (χ0v) is 16.2. The van der Waals surface area contributed by atoms with E-state index in [0.717, 1.165) is 50.3 Å². The van der Waals surface area contributed by atoms with Gasteiger partial charge in [0.05, 0.1) is 12.6 Å². The lowest BCUT2D eigenvalue weighted by atomic mass is 9.97. The van der Waals surface area contributed by atoms with Gasteiger partial charge in [0.15, 0.2) is 0 Å². The lowest BCUT2D eigenvalue weighted by Gasteiger charge is -2.43. The Hall–Kier alpha value is -2.22. The average Bonchev–Trinajstić information content (AvgIpc) is 2.68. The third-order valence-corrected chi connectivity index (χ3v) is 6.27. The van der Waals surface area contributed by atoms with Crippen LogP contribution in [0, 0.1) is 0 Å². The van der Waals surface area contributed by atoms with Gasteiger partial charge >= 0.3 is 6.03 Å². The van der Waals surface area contributed by atoms with Gasteiger partial charge in [0.25, 0.3) is 0 Å². The Kier molecular flexibility index (Phi) is 4.75. The van der Waals surface area contributed by atoms with Crippen LogP contribution in [0.4, 0.5) is 10.6 Å². The van der Waals surface area contributed by atoms with E-state index < -0.39 is 9.84 Å². The summed E-state index contributed by atoms with van der Waals surface area (Å²) in [6, 6.07) is -0.0351. The molecule has 4 rings (SSSR count). The molecule has 27 heavy (non-hydrogen) atoms. The molecule has 2 atom stereocenters. The van der Waals surface area contributed by atoms with E-state index in [1.165, 1.54) is 0 Å². The van der Waals surface area contributed by atoms with Crippen LogP contribution >= 0.6 is 0 Å². The second-order valence-corrected chi connectivity index (χ2v) is 9.33. The molecular weight excluding hydrogens is 364 g/mol. The number of nitrogens with zero attached hydrogens (tertiary/aromatic N) is 4. The first-order chi connectivity index (χ1) is 12.9. The Morgan fingerprint density at radius 2 is 2.00 bits per heavy atom. The van der Waals surface area contributed by atoms with Gasteiger partial charge in [0.2, 0.25) is 15.0 Å². The topological polar surface area (TPSA) is 83.5 Å². The van der Waals surface area contributed by atoms with Gasteiger partial charge in [-0.2, -0.15) is 0 Å². The molecule has 7 nitrogen and oxygen atoms in total. The van der Waals surface area contributed by atoms with Crippen LogP contribution in [0.2, 0.25) is 0 Å². The van der Waals surface area contributed by atoms with E-state index in [-0.39, 0.29) is 23.3 Å².